The van der Waals surface area contributed by atoms with E-state index in [1.807, 2.05) is 36.8 Å². The van der Waals surface area contributed by atoms with Crippen LogP contribution in [0.3, 0.4) is 0 Å². The van der Waals surface area contributed by atoms with Gasteiger partial charge in [0.2, 0.25) is 0 Å². The van der Waals surface area contributed by atoms with Crippen molar-refractivity contribution >= 4 is 15.9 Å². The van der Waals surface area contributed by atoms with Crippen LogP contribution < -0.4 is 0 Å². The fourth-order valence-corrected chi connectivity index (χ4v) is 1.97. The van der Waals surface area contributed by atoms with Gasteiger partial charge in [-0.25, -0.2) is 4.39 Å². The number of hydrogen-bond donors (Lipinski definition) is 0. The largest absolute Gasteiger partial charge is 0.207 e. The van der Waals surface area contributed by atoms with E-state index in [9.17, 15) is 4.39 Å². The lowest BCUT2D eigenvalue weighted by Crippen LogP contribution is -1.92. The number of halogens is 2. The predicted octanol–water partition coefficient (Wildman–Crippen LogP) is 4.38. The standard InChI is InChI=1S/C14H11BrF/c15-13-7-3-1-5-11(13)9-10-12-6-2-4-8-14(12)16/h1-8,10H,9H2. The van der Waals surface area contributed by atoms with Crippen molar-refractivity contribution in [1.29, 1.82) is 0 Å². The molecule has 81 valence electrons. The molecule has 2 heteroatoms. The SMILES string of the molecule is Fc1ccccc1[CH]Cc1ccccc1Br. The molecule has 0 unspecified atom stereocenters. The zero-order chi connectivity index (χ0) is 11.4. The first-order valence-electron chi connectivity index (χ1n) is 5.08. The van der Waals surface area contributed by atoms with Crippen LogP contribution in [0.25, 0.3) is 0 Å². The van der Waals surface area contributed by atoms with Gasteiger partial charge < -0.3 is 0 Å². The van der Waals surface area contributed by atoms with E-state index in [0.717, 1.165) is 16.5 Å². The van der Waals surface area contributed by atoms with E-state index in [0.29, 0.717) is 5.56 Å². The monoisotopic (exact) mass is 277 g/mol. The molecule has 0 atom stereocenters. The Morgan fingerprint density at radius 3 is 2.44 bits per heavy atom. The highest BCUT2D eigenvalue weighted by atomic mass is 79.9. The molecular formula is C14H11BrF. The van der Waals surface area contributed by atoms with Gasteiger partial charge in [-0.3, -0.25) is 0 Å². The molecule has 0 saturated heterocycles. The molecule has 0 aliphatic carbocycles. The van der Waals surface area contributed by atoms with Crippen molar-refractivity contribution in [2.24, 2.45) is 0 Å². The molecule has 0 aromatic heterocycles. The summed E-state index contributed by atoms with van der Waals surface area (Å²) in [7, 11) is 0. The predicted molar refractivity (Wildman–Crippen MR) is 67.6 cm³/mol. The molecule has 0 spiro atoms. The van der Waals surface area contributed by atoms with E-state index in [4.69, 9.17) is 0 Å². The third kappa shape index (κ3) is 2.70. The smallest absolute Gasteiger partial charge is 0.126 e. The first-order valence-corrected chi connectivity index (χ1v) is 5.88. The van der Waals surface area contributed by atoms with E-state index in [2.05, 4.69) is 15.9 Å². The van der Waals surface area contributed by atoms with Crippen LogP contribution in [0.4, 0.5) is 4.39 Å². The van der Waals surface area contributed by atoms with Gasteiger partial charge in [0.1, 0.15) is 5.82 Å². The lowest BCUT2D eigenvalue weighted by Gasteiger charge is -2.04. The van der Waals surface area contributed by atoms with Crippen LogP contribution in [-0.4, -0.2) is 0 Å². The molecule has 16 heavy (non-hydrogen) atoms. The summed E-state index contributed by atoms with van der Waals surface area (Å²) >= 11 is 3.47. The molecule has 2 aromatic rings. The summed E-state index contributed by atoms with van der Waals surface area (Å²) < 4.78 is 14.4. The average Bonchev–Trinajstić information content (AvgIpc) is 2.30. The minimum Gasteiger partial charge on any atom is -0.207 e. The van der Waals surface area contributed by atoms with Crippen LogP contribution in [0.1, 0.15) is 11.1 Å². The van der Waals surface area contributed by atoms with Crippen LogP contribution in [0, 0.1) is 12.2 Å². The van der Waals surface area contributed by atoms with E-state index >= 15 is 0 Å². The van der Waals surface area contributed by atoms with Crippen LogP contribution in [0.2, 0.25) is 0 Å². The van der Waals surface area contributed by atoms with Crippen molar-refractivity contribution in [2.45, 2.75) is 6.42 Å². The normalized spacial score (nSPS) is 10.4. The zero-order valence-electron chi connectivity index (χ0n) is 8.66. The highest BCUT2D eigenvalue weighted by Crippen LogP contribution is 2.19. The molecule has 2 rings (SSSR count). The van der Waals surface area contributed by atoms with E-state index in [1.165, 1.54) is 6.07 Å². The first kappa shape index (κ1) is 11.3. The minimum atomic E-state index is -0.172. The quantitative estimate of drug-likeness (QED) is 0.781. The van der Waals surface area contributed by atoms with Crippen molar-refractivity contribution in [3.8, 4) is 0 Å². The molecule has 0 aliphatic rings. The Labute approximate surface area is 103 Å². The maximum absolute atomic E-state index is 13.3. The van der Waals surface area contributed by atoms with Gasteiger partial charge in [0.15, 0.2) is 0 Å². The Kier molecular flexibility index (Phi) is 3.73. The Balaban J connectivity index is 2.09. The van der Waals surface area contributed by atoms with Crippen LogP contribution in [0.15, 0.2) is 53.0 Å². The summed E-state index contributed by atoms with van der Waals surface area (Å²) in [4.78, 5) is 0. The second-order valence-corrected chi connectivity index (χ2v) is 4.38. The van der Waals surface area contributed by atoms with E-state index in [1.54, 1.807) is 12.1 Å². The summed E-state index contributed by atoms with van der Waals surface area (Å²) in [6.07, 6.45) is 2.62. The van der Waals surface area contributed by atoms with Crippen molar-refractivity contribution in [2.75, 3.05) is 0 Å². The third-order valence-corrected chi connectivity index (χ3v) is 3.18. The van der Waals surface area contributed by atoms with Crippen molar-refractivity contribution in [3.63, 3.8) is 0 Å². The van der Waals surface area contributed by atoms with Gasteiger partial charge in [-0.1, -0.05) is 52.3 Å². The number of hydrogen-bond acceptors (Lipinski definition) is 0. The zero-order valence-corrected chi connectivity index (χ0v) is 10.2. The maximum atomic E-state index is 13.3. The minimum absolute atomic E-state index is 0.172. The number of rotatable bonds is 3. The van der Waals surface area contributed by atoms with Gasteiger partial charge in [-0.05, 0) is 36.1 Å². The van der Waals surface area contributed by atoms with Gasteiger partial charge in [0, 0.05) is 4.47 Å². The molecule has 1 radical (unpaired) electrons. The van der Waals surface area contributed by atoms with Crippen LogP contribution >= 0.6 is 15.9 Å². The second-order valence-electron chi connectivity index (χ2n) is 3.52. The Bertz CT molecular complexity index is 434. The van der Waals surface area contributed by atoms with Crippen molar-refractivity contribution in [1.82, 2.24) is 0 Å². The van der Waals surface area contributed by atoms with E-state index in [-0.39, 0.29) is 5.82 Å². The fourth-order valence-electron chi connectivity index (χ4n) is 1.52. The summed E-state index contributed by atoms with van der Waals surface area (Å²) in [6.45, 7) is 0. The van der Waals surface area contributed by atoms with Gasteiger partial charge in [0.05, 0.1) is 0 Å². The molecular weight excluding hydrogens is 267 g/mol. The molecule has 0 saturated carbocycles. The van der Waals surface area contributed by atoms with Crippen LogP contribution in [0.5, 0.6) is 0 Å². The molecule has 0 N–H and O–H groups in total. The highest BCUT2D eigenvalue weighted by Gasteiger charge is 2.03. The Hall–Kier alpha value is -1.15. The molecule has 0 heterocycles. The highest BCUT2D eigenvalue weighted by molar-refractivity contribution is 9.10. The summed E-state index contributed by atoms with van der Waals surface area (Å²) in [5.41, 5.74) is 1.81. The van der Waals surface area contributed by atoms with Crippen molar-refractivity contribution in [3.05, 3.63) is 76.4 Å². The number of benzene rings is 2. The van der Waals surface area contributed by atoms with Crippen LogP contribution in [-0.2, 0) is 6.42 Å². The topological polar surface area (TPSA) is 0 Å². The summed E-state index contributed by atoms with van der Waals surface area (Å²) in [6, 6.07) is 14.8. The Morgan fingerprint density at radius 1 is 1.00 bits per heavy atom. The first-order chi connectivity index (χ1) is 7.77. The lowest BCUT2D eigenvalue weighted by molar-refractivity contribution is 0.619. The molecule has 0 bridgehead atoms. The van der Waals surface area contributed by atoms with E-state index < -0.39 is 0 Å². The van der Waals surface area contributed by atoms with Gasteiger partial charge in [-0.2, -0.15) is 0 Å². The summed E-state index contributed by atoms with van der Waals surface area (Å²) in [5, 5.41) is 0. The van der Waals surface area contributed by atoms with Crippen molar-refractivity contribution < 1.29 is 4.39 Å². The third-order valence-electron chi connectivity index (χ3n) is 2.40. The van der Waals surface area contributed by atoms with Gasteiger partial charge in [0.25, 0.3) is 0 Å². The molecule has 0 nitrogen and oxygen atoms in total. The Morgan fingerprint density at radius 2 is 1.69 bits per heavy atom. The lowest BCUT2D eigenvalue weighted by atomic mass is 10.0. The summed E-state index contributed by atoms with van der Waals surface area (Å²) in [5.74, 6) is -0.172. The molecule has 2 aromatic carbocycles. The van der Waals surface area contributed by atoms with Gasteiger partial charge >= 0.3 is 0 Å². The molecule has 0 fully saturated rings. The maximum Gasteiger partial charge on any atom is 0.126 e. The second kappa shape index (κ2) is 5.26. The molecule has 0 amide bonds. The fraction of sp³-hybridized carbons (Fsp3) is 0.0714. The molecule has 0 aliphatic heterocycles. The van der Waals surface area contributed by atoms with Gasteiger partial charge in [-0.15, -0.1) is 0 Å². The average molecular weight is 278 g/mol.